The lowest BCUT2D eigenvalue weighted by Crippen LogP contribution is -2.46. The molecule has 0 aromatic heterocycles. The molecule has 3 nitrogen and oxygen atoms in total. The molecule has 1 aromatic carbocycles. The summed E-state index contributed by atoms with van der Waals surface area (Å²) in [5.41, 5.74) is 9.68. The summed E-state index contributed by atoms with van der Waals surface area (Å²) < 4.78 is 5.43. The molecule has 17 heavy (non-hydrogen) atoms. The van der Waals surface area contributed by atoms with E-state index in [2.05, 4.69) is 45.1 Å². The largest absolute Gasteiger partial charge is 0.496 e. The van der Waals surface area contributed by atoms with Gasteiger partial charge in [0, 0.05) is 11.1 Å². The Bertz CT molecular complexity index is 399. The molecule has 1 rings (SSSR count). The van der Waals surface area contributed by atoms with Gasteiger partial charge in [0.15, 0.2) is 0 Å². The van der Waals surface area contributed by atoms with Crippen molar-refractivity contribution in [1.82, 2.24) is 5.32 Å². The Morgan fingerprint density at radius 2 is 1.76 bits per heavy atom. The first-order chi connectivity index (χ1) is 7.83. The van der Waals surface area contributed by atoms with E-state index < -0.39 is 0 Å². The van der Waals surface area contributed by atoms with Crippen LogP contribution in [0, 0.1) is 13.8 Å². The van der Waals surface area contributed by atoms with Crippen LogP contribution in [-0.4, -0.2) is 19.7 Å². The minimum absolute atomic E-state index is 0.109. The van der Waals surface area contributed by atoms with Crippen LogP contribution in [0.2, 0.25) is 0 Å². The second-order valence-electron chi connectivity index (χ2n) is 5.13. The van der Waals surface area contributed by atoms with Crippen molar-refractivity contribution in [1.29, 1.82) is 0 Å². The van der Waals surface area contributed by atoms with E-state index in [1.54, 1.807) is 7.11 Å². The molecule has 0 amide bonds. The smallest absolute Gasteiger partial charge is 0.123 e. The monoisotopic (exact) mass is 236 g/mol. The van der Waals surface area contributed by atoms with Crippen LogP contribution in [0.3, 0.4) is 0 Å². The number of likely N-dealkylation sites (N-methyl/N-ethyl adjacent to an activating group) is 1. The summed E-state index contributed by atoms with van der Waals surface area (Å²) in [5.74, 6) is 0.865. The van der Waals surface area contributed by atoms with Crippen molar-refractivity contribution < 1.29 is 4.74 Å². The van der Waals surface area contributed by atoms with Gasteiger partial charge in [-0.1, -0.05) is 6.07 Å². The minimum Gasteiger partial charge on any atom is -0.496 e. The molecule has 0 saturated heterocycles. The molecular formula is C14H24N2O. The van der Waals surface area contributed by atoms with Crippen molar-refractivity contribution >= 4 is 0 Å². The highest BCUT2D eigenvalue weighted by Crippen LogP contribution is 2.32. The van der Waals surface area contributed by atoms with Crippen LogP contribution in [0.25, 0.3) is 0 Å². The molecular weight excluding hydrogens is 212 g/mol. The fourth-order valence-electron chi connectivity index (χ4n) is 1.78. The first-order valence-corrected chi connectivity index (χ1v) is 5.93. The van der Waals surface area contributed by atoms with Crippen molar-refractivity contribution in [3.63, 3.8) is 0 Å². The van der Waals surface area contributed by atoms with Crippen LogP contribution in [0.4, 0.5) is 0 Å². The summed E-state index contributed by atoms with van der Waals surface area (Å²) >= 11 is 0. The quantitative estimate of drug-likeness (QED) is 0.843. The fourth-order valence-corrected chi connectivity index (χ4v) is 1.78. The molecule has 0 aliphatic carbocycles. The number of hydrogen-bond donors (Lipinski definition) is 2. The van der Waals surface area contributed by atoms with Crippen molar-refractivity contribution in [3.05, 3.63) is 28.8 Å². The topological polar surface area (TPSA) is 47.3 Å². The van der Waals surface area contributed by atoms with Gasteiger partial charge < -0.3 is 15.8 Å². The Morgan fingerprint density at radius 3 is 2.24 bits per heavy atom. The molecule has 0 spiro atoms. The van der Waals surface area contributed by atoms with E-state index in [1.165, 1.54) is 11.1 Å². The summed E-state index contributed by atoms with van der Waals surface area (Å²) in [7, 11) is 3.61. The highest BCUT2D eigenvalue weighted by Gasteiger charge is 2.28. The molecule has 0 bridgehead atoms. The first kappa shape index (κ1) is 14.0. The highest BCUT2D eigenvalue weighted by atomic mass is 16.5. The van der Waals surface area contributed by atoms with Gasteiger partial charge in [-0.15, -0.1) is 0 Å². The van der Waals surface area contributed by atoms with E-state index in [-0.39, 0.29) is 11.6 Å². The number of ether oxygens (including phenoxy) is 1. The Balaban J connectivity index is 3.25. The molecule has 96 valence electrons. The lowest BCUT2D eigenvalue weighted by Gasteiger charge is -2.32. The maximum atomic E-state index is 6.34. The Labute approximate surface area is 104 Å². The molecule has 0 aliphatic rings. The summed E-state index contributed by atoms with van der Waals surface area (Å²) in [6.45, 7) is 8.35. The Morgan fingerprint density at radius 1 is 1.24 bits per heavy atom. The molecule has 3 N–H and O–H groups in total. The van der Waals surface area contributed by atoms with Crippen LogP contribution in [-0.2, 0) is 0 Å². The van der Waals surface area contributed by atoms with E-state index in [4.69, 9.17) is 10.5 Å². The molecule has 0 radical (unpaired) electrons. The zero-order valence-corrected chi connectivity index (χ0v) is 11.7. The highest BCUT2D eigenvalue weighted by molar-refractivity contribution is 5.44. The van der Waals surface area contributed by atoms with Gasteiger partial charge in [0.1, 0.15) is 5.75 Å². The van der Waals surface area contributed by atoms with E-state index in [0.29, 0.717) is 0 Å². The van der Waals surface area contributed by atoms with Gasteiger partial charge in [0.2, 0.25) is 0 Å². The number of aryl methyl sites for hydroxylation is 2. The van der Waals surface area contributed by atoms with Crippen LogP contribution >= 0.6 is 0 Å². The predicted molar refractivity (Wildman–Crippen MR) is 72.5 cm³/mol. The van der Waals surface area contributed by atoms with Gasteiger partial charge >= 0.3 is 0 Å². The van der Waals surface area contributed by atoms with Crippen molar-refractivity contribution in [3.8, 4) is 5.75 Å². The molecule has 3 heteroatoms. The fraction of sp³-hybridized carbons (Fsp3) is 0.571. The van der Waals surface area contributed by atoms with Gasteiger partial charge in [-0.05, 0) is 51.9 Å². The summed E-state index contributed by atoms with van der Waals surface area (Å²) in [6, 6.07) is 4.07. The molecule has 1 atom stereocenters. The standard InChI is InChI=1S/C14H24N2O/c1-9-7-11(12(17-6)8-10(9)2)13(15)14(3,4)16-5/h7-8,13,16H,15H2,1-6H3. The average molecular weight is 236 g/mol. The summed E-state index contributed by atoms with van der Waals surface area (Å²) in [5, 5.41) is 3.24. The van der Waals surface area contributed by atoms with Crippen LogP contribution in [0.5, 0.6) is 5.75 Å². The van der Waals surface area contributed by atoms with Crippen molar-refractivity contribution in [2.75, 3.05) is 14.2 Å². The van der Waals surface area contributed by atoms with Gasteiger partial charge in [-0.25, -0.2) is 0 Å². The maximum Gasteiger partial charge on any atom is 0.123 e. The summed E-state index contributed by atoms with van der Waals surface area (Å²) in [6.07, 6.45) is 0. The van der Waals surface area contributed by atoms with Gasteiger partial charge in [0.05, 0.1) is 13.2 Å². The van der Waals surface area contributed by atoms with Crippen molar-refractivity contribution in [2.45, 2.75) is 39.3 Å². The lowest BCUT2D eigenvalue weighted by atomic mass is 9.87. The van der Waals surface area contributed by atoms with E-state index in [9.17, 15) is 0 Å². The molecule has 0 aliphatic heterocycles. The Kier molecular flexibility index (Phi) is 4.17. The predicted octanol–water partition coefficient (Wildman–Crippen LogP) is 2.31. The minimum atomic E-state index is -0.172. The van der Waals surface area contributed by atoms with Gasteiger partial charge in [-0.3, -0.25) is 0 Å². The van der Waals surface area contributed by atoms with Crippen LogP contribution < -0.4 is 15.8 Å². The second kappa shape index (κ2) is 5.07. The maximum absolute atomic E-state index is 6.34. The van der Waals surface area contributed by atoms with Gasteiger partial charge in [0.25, 0.3) is 0 Å². The van der Waals surface area contributed by atoms with Crippen LogP contribution in [0.1, 0.15) is 36.6 Å². The number of methoxy groups -OCH3 is 1. The SMILES string of the molecule is CNC(C)(C)C(N)c1cc(C)c(C)cc1OC. The number of nitrogens with two attached hydrogens (primary N) is 1. The third kappa shape index (κ3) is 2.79. The normalized spacial score (nSPS) is 13.6. The first-order valence-electron chi connectivity index (χ1n) is 5.93. The molecule has 1 aromatic rings. The average Bonchev–Trinajstić information content (AvgIpc) is 2.31. The van der Waals surface area contributed by atoms with E-state index in [0.717, 1.165) is 11.3 Å². The zero-order chi connectivity index (χ0) is 13.2. The van der Waals surface area contributed by atoms with E-state index in [1.807, 2.05) is 7.05 Å². The summed E-state index contributed by atoms with van der Waals surface area (Å²) in [4.78, 5) is 0. The zero-order valence-electron chi connectivity index (χ0n) is 11.7. The van der Waals surface area contributed by atoms with Crippen molar-refractivity contribution in [2.24, 2.45) is 5.73 Å². The van der Waals surface area contributed by atoms with E-state index >= 15 is 0 Å². The number of benzene rings is 1. The second-order valence-corrected chi connectivity index (χ2v) is 5.13. The Hall–Kier alpha value is -1.06. The third-order valence-electron chi connectivity index (χ3n) is 3.60. The third-order valence-corrected chi connectivity index (χ3v) is 3.60. The van der Waals surface area contributed by atoms with Crippen LogP contribution in [0.15, 0.2) is 12.1 Å². The molecule has 1 unspecified atom stereocenters. The molecule has 0 heterocycles. The number of nitrogens with one attached hydrogen (secondary N) is 1. The molecule has 0 saturated carbocycles. The lowest BCUT2D eigenvalue weighted by molar-refractivity contribution is 0.333. The number of hydrogen-bond acceptors (Lipinski definition) is 3. The van der Waals surface area contributed by atoms with Gasteiger partial charge in [-0.2, -0.15) is 0 Å². The number of rotatable bonds is 4. The molecule has 0 fully saturated rings.